The Morgan fingerprint density at radius 2 is 1.62 bits per heavy atom. The Morgan fingerprint density at radius 3 is 2.27 bits per heavy atom. The number of nitrogens with zero attached hydrogens (tertiary/aromatic N) is 1. The lowest BCUT2D eigenvalue weighted by Crippen LogP contribution is -2.01. The Balaban J connectivity index is 2.01. The highest BCUT2D eigenvalue weighted by Gasteiger charge is 2.15. The maximum atomic E-state index is 5.55. The summed E-state index contributed by atoms with van der Waals surface area (Å²) in [7, 11) is 5.04. The fraction of sp³-hybridized carbons (Fsp3) is 0.318. The number of hydrogen-bond acceptors (Lipinski definition) is 4. The summed E-state index contributed by atoms with van der Waals surface area (Å²) in [6.45, 7) is 0.954. The number of hydrogen-bond donors (Lipinski definition) is 0. The summed E-state index contributed by atoms with van der Waals surface area (Å²) < 4.78 is 16.5. The summed E-state index contributed by atoms with van der Waals surface area (Å²) in [5.74, 6) is 2.33. The number of aliphatic imine (C=N–C) groups is 1. The molecule has 0 amide bonds. The molecule has 0 saturated carbocycles. The van der Waals surface area contributed by atoms with Gasteiger partial charge in [-0.3, -0.25) is 4.99 Å². The molecule has 4 heteroatoms. The van der Waals surface area contributed by atoms with Crippen molar-refractivity contribution in [1.29, 1.82) is 0 Å². The van der Waals surface area contributed by atoms with Crippen molar-refractivity contribution < 1.29 is 14.2 Å². The first-order valence-corrected chi connectivity index (χ1v) is 8.91. The summed E-state index contributed by atoms with van der Waals surface area (Å²) >= 11 is 0. The number of benzene rings is 3. The van der Waals surface area contributed by atoms with Crippen LogP contribution in [-0.2, 0) is 6.42 Å². The van der Waals surface area contributed by atoms with Gasteiger partial charge in [0.15, 0.2) is 11.5 Å². The lowest BCUT2D eigenvalue weighted by Gasteiger charge is -2.15. The van der Waals surface area contributed by atoms with E-state index in [1.807, 2.05) is 6.07 Å². The quantitative estimate of drug-likeness (QED) is 0.622. The Morgan fingerprint density at radius 1 is 0.846 bits per heavy atom. The van der Waals surface area contributed by atoms with Crippen LogP contribution in [0.15, 0.2) is 41.4 Å². The van der Waals surface area contributed by atoms with E-state index >= 15 is 0 Å². The molecule has 4 nitrogen and oxygen atoms in total. The van der Waals surface area contributed by atoms with Crippen molar-refractivity contribution in [2.75, 3.05) is 27.9 Å². The van der Waals surface area contributed by atoms with E-state index < -0.39 is 0 Å². The third-order valence-electron chi connectivity index (χ3n) is 5.10. The second-order valence-electron chi connectivity index (χ2n) is 6.60. The zero-order valence-electron chi connectivity index (χ0n) is 15.5. The highest BCUT2D eigenvalue weighted by atomic mass is 16.5. The standard InChI is InChI=1S/C22H23NO3/c1-24-17-7-6-14-9-15(10-16-5-4-8-23-16)19-12-21(25-2)22(26-3)13-20(19)18(14)11-17/h6-7,9,11-13H,4-5,8,10H2,1-3H3. The predicted octanol–water partition coefficient (Wildman–Crippen LogP) is 4.80. The minimum atomic E-state index is 0.736. The van der Waals surface area contributed by atoms with E-state index in [0.29, 0.717) is 0 Å². The van der Waals surface area contributed by atoms with E-state index in [1.54, 1.807) is 21.3 Å². The average molecular weight is 349 g/mol. The van der Waals surface area contributed by atoms with Crippen LogP contribution in [0.4, 0.5) is 0 Å². The van der Waals surface area contributed by atoms with Crippen molar-refractivity contribution in [2.45, 2.75) is 19.3 Å². The van der Waals surface area contributed by atoms with Crippen LogP contribution in [0.5, 0.6) is 17.2 Å². The average Bonchev–Trinajstić information content (AvgIpc) is 3.19. The van der Waals surface area contributed by atoms with Gasteiger partial charge in [-0.25, -0.2) is 0 Å². The first kappa shape index (κ1) is 16.7. The van der Waals surface area contributed by atoms with Crippen LogP contribution in [0, 0.1) is 0 Å². The molecule has 0 radical (unpaired) electrons. The van der Waals surface area contributed by atoms with Gasteiger partial charge < -0.3 is 14.2 Å². The molecule has 4 rings (SSSR count). The van der Waals surface area contributed by atoms with Crippen molar-refractivity contribution in [3.63, 3.8) is 0 Å². The van der Waals surface area contributed by atoms with Gasteiger partial charge in [0.1, 0.15) is 5.75 Å². The van der Waals surface area contributed by atoms with Crippen molar-refractivity contribution in [1.82, 2.24) is 0 Å². The SMILES string of the molecule is COc1ccc2cc(CC3=NCCC3)c3cc(OC)c(OC)cc3c2c1. The third-order valence-corrected chi connectivity index (χ3v) is 5.10. The van der Waals surface area contributed by atoms with Gasteiger partial charge in [0.2, 0.25) is 0 Å². The number of rotatable bonds is 5. The molecule has 1 heterocycles. The molecule has 0 aliphatic carbocycles. The largest absolute Gasteiger partial charge is 0.497 e. The Labute approximate surface area is 153 Å². The van der Waals surface area contributed by atoms with Crippen molar-refractivity contribution in [2.24, 2.45) is 4.99 Å². The summed E-state index contributed by atoms with van der Waals surface area (Å²) in [6.07, 6.45) is 3.14. The fourth-order valence-electron chi connectivity index (χ4n) is 3.76. The molecule has 3 aromatic carbocycles. The maximum Gasteiger partial charge on any atom is 0.161 e. The van der Waals surface area contributed by atoms with Gasteiger partial charge in [0.05, 0.1) is 21.3 Å². The minimum Gasteiger partial charge on any atom is -0.497 e. The number of fused-ring (bicyclic) bond motifs is 3. The molecule has 0 spiro atoms. The normalized spacial score (nSPS) is 13.9. The highest BCUT2D eigenvalue weighted by Crippen LogP contribution is 2.39. The second-order valence-corrected chi connectivity index (χ2v) is 6.60. The minimum absolute atomic E-state index is 0.736. The molecule has 1 aliphatic heterocycles. The Kier molecular flexibility index (Phi) is 4.41. The molecule has 26 heavy (non-hydrogen) atoms. The van der Waals surface area contributed by atoms with Gasteiger partial charge >= 0.3 is 0 Å². The molecule has 1 aliphatic rings. The molecule has 3 aromatic rings. The van der Waals surface area contributed by atoms with Gasteiger partial charge in [0, 0.05) is 18.7 Å². The molecule has 0 N–H and O–H groups in total. The van der Waals surface area contributed by atoms with E-state index in [-0.39, 0.29) is 0 Å². The molecule has 0 saturated heterocycles. The van der Waals surface area contributed by atoms with E-state index in [9.17, 15) is 0 Å². The Hall–Kier alpha value is -2.75. The molecular formula is C22H23NO3. The summed E-state index contributed by atoms with van der Waals surface area (Å²) in [5, 5.41) is 4.67. The van der Waals surface area contributed by atoms with Gasteiger partial charge in [-0.15, -0.1) is 0 Å². The van der Waals surface area contributed by atoms with Crippen LogP contribution in [-0.4, -0.2) is 33.6 Å². The van der Waals surface area contributed by atoms with E-state index in [4.69, 9.17) is 14.2 Å². The van der Waals surface area contributed by atoms with Crippen molar-refractivity contribution in [3.8, 4) is 17.2 Å². The molecule has 0 atom stereocenters. The lowest BCUT2D eigenvalue weighted by molar-refractivity contribution is 0.356. The molecule has 0 bridgehead atoms. The molecule has 0 fully saturated rings. The molecule has 0 aromatic heterocycles. The predicted molar refractivity (Wildman–Crippen MR) is 106 cm³/mol. The molecule has 0 unspecified atom stereocenters. The zero-order chi connectivity index (χ0) is 18.1. The number of methoxy groups -OCH3 is 3. The van der Waals surface area contributed by atoms with Crippen molar-refractivity contribution >= 4 is 27.3 Å². The smallest absolute Gasteiger partial charge is 0.161 e. The first-order valence-electron chi connectivity index (χ1n) is 8.91. The van der Waals surface area contributed by atoms with Crippen LogP contribution >= 0.6 is 0 Å². The first-order chi connectivity index (χ1) is 12.7. The highest BCUT2D eigenvalue weighted by molar-refractivity contribution is 6.11. The maximum absolute atomic E-state index is 5.55. The van der Waals surface area contributed by atoms with Crippen LogP contribution in [0.25, 0.3) is 21.5 Å². The number of ether oxygens (including phenoxy) is 3. The van der Waals surface area contributed by atoms with Gasteiger partial charge in [-0.1, -0.05) is 12.1 Å². The third kappa shape index (κ3) is 2.85. The van der Waals surface area contributed by atoms with E-state index in [2.05, 4.69) is 35.3 Å². The van der Waals surface area contributed by atoms with E-state index in [0.717, 1.165) is 53.8 Å². The fourth-order valence-corrected chi connectivity index (χ4v) is 3.76. The topological polar surface area (TPSA) is 40.0 Å². The zero-order valence-corrected chi connectivity index (χ0v) is 15.5. The van der Waals surface area contributed by atoms with Gasteiger partial charge in [-0.2, -0.15) is 0 Å². The second kappa shape index (κ2) is 6.87. The van der Waals surface area contributed by atoms with E-state index in [1.165, 1.54) is 22.0 Å². The summed E-state index contributed by atoms with van der Waals surface area (Å²) in [6, 6.07) is 12.6. The van der Waals surface area contributed by atoms with Crippen molar-refractivity contribution in [3.05, 3.63) is 42.0 Å². The van der Waals surface area contributed by atoms with Crippen LogP contribution in [0.2, 0.25) is 0 Å². The Bertz CT molecular complexity index is 1010. The van der Waals surface area contributed by atoms with Gasteiger partial charge in [0.25, 0.3) is 0 Å². The van der Waals surface area contributed by atoms with Gasteiger partial charge in [-0.05, 0) is 64.2 Å². The van der Waals surface area contributed by atoms with Crippen LogP contribution < -0.4 is 14.2 Å². The lowest BCUT2D eigenvalue weighted by atomic mass is 9.93. The monoisotopic (exact) mass is 349 g/mol. The van der Waals surface area contributed by atoms with Crippen LogP contribution in [0.1, 0.15) is 18.4 Å². The molecular weight excluding hydrogens is 326 g/mol. The molecule has 134 valence electrons. The summed E-state index contributed by atoms with van der Waals surface area (Å²) in [4.78, 5) is 4.66. The van der Waals surface area contributed by atoms with Crippen LogP contribution in [0.3, 0.4) is 0 Å². The summed E-state index contributed by atoms with van der Waals surface area (Å²) in [5.41, 5.74) is 2.56.